The fourth-order valence-electron chi connectivity index (χ4n) is 1.45. The summed E-state index contributed by atoms with van der Waals surface area (Å²) >= 11 is 0. The Balaban J connectivity index is 3.41. The van der Waals surface area contributed by atoms with Crippen LogP contribution in [0.4, 0.5) is 0 Å². The van der Waals surface area contributed by atoms with E-state index in [0.717, 1.165) is 13.2 Å². The first-order valence-electron chi connectivity index (χ1n) is 5.98. The Kier molecular flexibility index (Phi) is 9.42. The molecule has 0 radical (unpaired) electrons. The monoisotopic (exact) mass is 201 g/mol. The minimum Gasteiger partial charge on any atom is -0.377 e. The third-order valence-corrected chi connectivity index (χ3v) is 2.48. The molecule has 0 amide bonds. The Morgan fingerprint density at radius 1 is 1.14 bits per heavy atom. The third-order valence-electron chi connectivity index (χ3n) is 2.48. The molecule has 2 nitrogen and oxygen atoms in total. The molecule has 1 atom stereocenters. The quantitative estimate of drug-likeness (QED) is 0.579. The van der Waals surface area contributed by atoms with E-state index < -0.39 is 0 Å². The molecule has 0 aromatic heterocycles. The number of rotatable bonds is 9. The highest BCUT2D eigenvalue weighted by Gasteiger charge is 2.11. The highest BCUT2D eigenvalue weighted by atomic mass is 16.5. The number of hydrogen-bond acceptors (Lipinski definition) is 2. The van der Waals surface area contributed by atoms with Crippen molar-refractivity contribution in [2.75, 3.05) is 20.2 Å². The molecule has 0 rings (SSSR count). The zero-order valence-corrected chi connectivity index (χ0v) is 10.3. The first-order valence-corrected chi connectivity index (χ1v) is 5.98. The molecule has 0 spiro atoms. The number of likely N-dealkylation sites (N-methyl/N-ethyl adjacent to an activating group) is 1. The van der Waals surface area contributed by atoms with Gasteiger partial charge in [0.25, 0.3) is 0 Å². The van der Waals surface area contributed by atoms with Gasteiger partial charge in [-0.3, -0.25) is 0 Å². The van der Waals surface area contributed by atoms with Crippen molar-refractivity contribution in [2.24, 2.45) is 5.92 Å². The standard InChI is InChI=1S/C12H27NO/c1-5-6-7-8-9-14-12(10-13-4)11(2)3/h11-13H,5-10H2,1-4H3. The van der Waals surface area contributed by atoms with Crippen molar-refractivity contribution in [3.8, 4) is 0 Å². The molecule has 0 fully saturated rings. The summed E-state index contributed by atoms with van der Waals surface area (Å²) in [5.74, 6) is 0.605. The second kappa shape index (κ2) is 9.47. The molecule has 14 heavy (non-hydrogen) atoms. The smallest absolute Gasteiger partial charge is 0.0722 e. The largest absolute Gasteiger partial charge is 0.377 e. The summed E-state index contributed by atoms with van der Waals surface area (Å²) < 4.78 is 5.83. The Hall–Kier alpha value is -0.0800. The van der Waals surface area contributed by atoms with Crippen LogP contribution in [0.3, 0.4) is 0 Å². The molecule has 0 heterocycles. The van der Waals surface area contributed by atoms with Gasteiger partial charge < -0.3 is 10.1 Å². The molecule has 0 aliphatic rings. The predicted octanol–water partition coefficient (Wildman–Crippen LogP) is 2.83. The molecule has 2 heteroatoms. The minimum atomic E-state index is 0.377. The predicted molar refractivity (Wildman–Crippen MR) is 62.6 cm³/mol. The van der Waals surface area contributed by atoms with Crippen molar-refractivity contribution in [2.45, 2.75) is 52.6 Å². The molecular formula is C12H27NO. The van der Waals surface area contributed by atoms with Crippen molar-refractivity contribution in [3.05, 3.63) is 0 Å². The van der Waals surface area contributed by atoms with E-state index in [2.05, 4.69) is 26.1 Å². The SMILES string of the molecule is CCCCCCOC(CNC)C(C)C. The van der Waals surface area contributed by atoms with Gasteiger partial charge in [-0.25, -0.2) is 0 Å². The van der Waals surface area contributed by atoms with Gasteiger partial charge >= 0.3 is 0 Å². The second-order valence-electron chi connectivity index (χ2n) is 4.27. The van der Waals surface area contributed by atoms with Gasteiger partial charge in [-0.1, -0.05) is 40.0 Å². The Morgan fingerprint density at radius 3 is 2.36 bits per heavy atom. The summed E-state index contributed by atoms with van der Waals surface area (Å²) in [5.41, 5.74) is 0. The maximum atomic E-state index is 5.83. The van der Waals surface area contributed by atoms with E-state index in [1.807, 2.05) is 7.05 Å². The zero-order chi connectivity index (χ0) is 10.8. The van der Waals surface area contributed by atoms with E-state index >= 15 is 0 Å². The molecule has 86 valence electrons. The lowest BCUT2D eigenvalue weighted by molar-refractivity contribution is 0.0220. The van der Waals surface area contributed by atoms with E-state index in [0.29, 0.717) is 12.0 Å². The van der Waals surface area contributed by atoms with Gasteiger partial charge in [0, 0.05) is 13.2 Å². The average molecular weight is 201 g/mol. The lowest BCUT2D eigenvalue weighted by atomic mass is 10.1. The van der Waals surface area contributed by atoms with E-state index in [1.165, 1.54) is 25.7 Å². The highest BCUT2D eigenvalue weighted by molar-refractivity contribution is 4.64. The summed E-state index contributed by atoms with van der Waals surface area (Å²) in [6.07, 6.45) is 5.52. The van der Waals surface area contributed by atoms with E-state index in [4.69, 9.17) is 4.74 Å². The maximum absolute atomic E-state index is 5.83. The van der Waals surface area contributed by atoms with Crippen LogP contribution in [0.5, 0.6) is 0 Å². The van der Waals surface area contributed by atoms with Gasteiger partial charge in [-0.15, -0.1) is 0 Å². The zero-order valence-electron chi connectivity index (χ0n) is 10.3. The normalized spacial score (nSPS) is 13.5. The molecule has 0 saturated carbocycles. The summed E-state index contributed by atoms with van der Waals surface area (Å²) in [6, 6.07) is 0. The topological polar surface area (TPSA) is 21.3 Å². The van der Waals surface area contributed by atoms with Crippen LogP contribution in [0.2, 0.25) is 0 Å². The molecule has 0 aliphatic carbocycles. The fraction of sp³-hybridized carbons (Fsp3) is 1.00. The molecule has 0 bridgehead atoms. The first kappa shape index (κ1) is 13.9. The summed E-state index contributed by atoms with van der Waals surface area (Å²) in [4.78, 5) is 0. The van der Waals surface area contributed by atoms with Gasteiger partial charge in [-0.2, -0.15) is 0 Å². The van der Waals surface area contributed by atoms with Crippen LogP contribution in [-0.2, 0) is 4.74 Å². The third kappa shape index (κ3) is 7.34. The van der Waals surface area contributed by atoms with Crippen LogP contribution in [0.15, 0.2) is 0 Å². The van der Waals surface area contributed by atoms with Gasteiger partial charge in [0.2, 0.25) is 0 Å². The van der Waals surface area contributed by atoms with Gasteiger partial charge in [-0.05, 0) is 19.4 Å². The van der Waals surface area contributed by atoms with E-state index in [9.17, 15) is 0 Å². The minimum absolute atomic E-state index is 0.377. The van der Waals surface area contributed by atoms with Crippen molar-refractivity contribution < 1.29 is 4.74 Å². The number of unbranched alkanes of at least 4 members (excludes halogenated alkanes) is 3. The summed E-state index contributed by atoms with van der Waals surface area (Å²) in [5, 5.41) is 3.18. The molecule has 0 aromatic carbocycles. The lowest BCUT2D eigenvalue weighted by Gasteiger charge is -2.21. The lowest BCUT2D eigenvalue weighted by Crippen LogP contribution is -2.31. The van der Waals surface area contributed by atoms with Crippen molar-refractivity contribution in [1.82, 2.24) is 5.32 Å². The molecule has 0 aromatic rings. The number of ether oxygens (including phenoxy) is 1. The Morgan fingerprint density at radius 2 is 1.86 bits per heavy atom. The highest BCUT2D eigenvalue weighted by Crippen LogP contribution is 2.07. The van der Waals surface area contributed by atoms with Crippen LogP contribution >= 0.6 is 0 Å². The average Bonchev–Trinajstić information content (AvgIpc) is 2.15. The summed E-state index contributed by atoms with van der Waals surface area (Å²) in [6.45, 7) is 8.55. The van der Waals surface area contributed by atoms with Gasteiger partial charge in [0.05, 0.1) is 6.10 Å². The van der Waals surface area contributed by atoms with Crippen molar-refractivity contribution >= 4 is 0 Å². The van der Waals surface area contributed by atoms with Gasteiger partial charge in [0.1, 0.15) is 0 Å². The van der Waals surface area contributed by atoms with Crippen LogP contribution in [0, 0.1) is 5.92 Å². The second-order valence-corrected chi connectivity index (χ2v) is 4.27. The fourth-order valence-corrected chi connectivity index (χ4v) is 1.45. The van der Waals surface area contributed by atoms with Crippen molar-refractivity contribution in [3.63, 3.8) is 0 Å². The molecule has 0 saturated heterocycles. The molecular weight excluding hydrogens is 174 g/mol. The van der Waals surface area contributed by atoms with Crippen LogP contribution in [-0.4, -0.2) is 26.3 Å². The van der Waals surface area contributed by atoms with Crippen molar-refractivity contribution in [1.29, 1.82) is 0 Å². The van der Waals surface area contributed by atoms with E-state index in [-0.39, 0.29) is 0 Å². The Bertz CT molecular complexity index is 115. The van der Waals surface area contributed by atoms with Crippen LogP contribution in [0.25, 0.3) is 0 Å². The number of nitrogens with one attached hydrogen (secondary N) is 1. The molecule has 0 aliphatic heterocycles. The first-order chi connectivity index (χ1) is 6.72. The van der Waals surface area contributed by atoms with Gasteiger partial charge in [0.15, 0.2) is 0 Å². The van der Waals surface area contributed by atoms with Crippen LogP contribution < -0.4 is 5.32 Å². The molecule has 1 N–H and O–H groups in total. The van der Waals surface area contributed by atoms with Crippen LogP contribution in [0.1, 0.15) is 46.5 Å². The number of hydrogen-bond donors (Lipinski definition) is 1. The van der Waals surface area contributed by atoms with E-state index in [1.54, 1.807) is 0 Å². The summed E-state index contributed by atoms with van der Waals surface area (Å²) in [7, 11) is 1.98. The Labute approximate surface area is 89.4 Å². The molecule has 1 unspecified atom stereocenters. The maximum Gasteiger partial charge on any atom is 0.0722 e.